The van der Waals surface area contributed by atoms with E-state index in [-0.39, 0.29) is 30.0 Å². The third-order valence-electron chi connectivity index (χ3n) is 6.68. The molecule has 0 bridgehead atoms. The van der Waals surface area contributed by atoms with Crippen molar-refractivity contribution < 1.29 is 9.59 Å². The van der Waals surface area contributed by atoms with Crippen LogP contribution in [0.1, 0.15) is 56.8 Å². The Balaban J connectivity index is 1.19. The number of benzene rings is 2. The standard InChI is InChI=1S/C27H31N5O3/c33-25(16-15-24-30-23-8-4-3-7-22(23)26(34)32(24)21-13-14-21)28-19-9-11-20(12-10-19)29-27(35)31-17-5-1-2-6-18-31/h3-4,7-12,21H,1-2,5-6,13-18H2,(H,28,33)(H,29,35). The predicted octanol–water partition coefficient (Wildman–Crippen LogP) is 4.71. The van der Waals surface area contributed by atoms with Gasteiger partial charge in [-0.25, -0.2) is 9.78 Å². The minimum Gasteiger partial charge on any atom is -0.326 e. The summed E-state index contributed by atoms with van der Waals surface area (Å²) >= 11 is 0. The van der Waals surface area contributed by atoms with Crippen LogP contribution in [0.4, 0.5) is 16.2 Å². The molecule has 0 unspecified atom stereocenters. The molecule has 5 rings (SSSR count). The molecule has 0 spiro atoms. The molecule has 1 aliphatic heterocycles. The van der Waals surface area contributed by atoms with Crippen LogP contribution in [0.2, 0.25) is 0 Å². The highest BCUT2D eigenvalue weighted by atomic mass is 16.2. The average Bonchev–Trinajstić information content (AvgIpc) is 3.71. The number of nitrogens with one attached hydrogen (secondary N) is 2. The van der Waals surface area contributed by atoms with Gasteiger partial charge >= 0.3 is 6.03 Å². The third kappa shape index (κ3) is 5.53. The summed E-state index contributed by atoms with van der Waals surface area (Å²) in [5, 5.41) is 6.47. The Bertz CT molecular complexity index is 1270. The maximum absolute atomic E-state index is 13.0. The zero-order chi connectivity index (χ0) is 24.2. The lowest BCUT2D eigenvalue weighted by Crippen LogP contribution is -2.35. The first-order chi connectivity index (χ1) is 17.1. The van der Waals surface area contributed by atoms with E-state index in [1.807, 2.05) is 23.1 Å². The number of urea groups is 1. The second-order valence-corrected chi connectivity index (χ2v) is 9.41. The lowest BCUT2D eigenvalue weighted by atomic mass is 10.2. The first-order valence-electron chi connectivity index (χ1n) is 12.5. The number of hydrogen-bond acceptors (Lipinski definition) is 4. The topological polar surface area (TPSA) is 96.3 Å². The summed E-state index contributed by atoms with van der Waals surface area (Å²) in [6.07, 6.45) is 7.01. The van der Waals surface area contributed by atoms with Gasteiger partial charge in [0, 0.05) is 43.3 Å². The van der Waals surface area contributed by atoms with Gasteiger partial charge in [0.15, 0.2) is 0 Å². The van der Waals surface area contributed by atoms with Crippen LogP contribution in [-0.2, 0) is 11.2 Å². The summed E-state index contributed by atoms with van der Waals surface area (Å²) in [4.78, 5) is 44.7. The molecule has 35 heavy (non-hydrogen) atoms. The largest absolute Gasteiger partial charge is 0.326 e. The van der Waals surface area contributed by atoms with Gasteiger partial charge in [0.1, 0.15) is 5.82 Å². The van der Waals surface area contributed by atoms with Gasteiger partial charge in [-0.15, -0.1) is 0 Å². The van der Waals surface area contributed by atoms with Crippen LogP contribution in [0.15, 0.2) is 53.3 Å². The number of fused-ring (bicyclic) bond motifs is 1. The van der Waals surface area contributed by atoms with Crippen LogP contribution in [-0.4, -0.2) is 39.5 Å². The van der Waals surface area contributed by atoms with Crippen LogP contribution in [0.25, 0.3) is 10.9 Å². The van der Waals surface area contributed by atoms with Crippen molar-refractivity contribution in [3.05, 3.63) is 64.7 Å². The van der Waals surface area contributed by atoms with Crippen LogP contribution >= 0.6 is 0 Å². The van der Waals surface area contributed by atoms with Gasteiger partial charge in [-0.3, -0.25) is 14.2 Å². The first-order valence-corrected chi connectivity index (χ1v) is 12.5. The molecule has 0 radical (unpaired) electrons. The SMILES string of the molecule is O=C(CCc1nc2ccccc2c(=O)n1C1CC1)Nc1ccc(NC(=O)N2CCCCCC2)cc1. The molecule has 2 N–H and O–H groups in total. The van der Waals surface area contributed by atoms with Crippen LogP contribution < -0.4 is 16.2 Å². The maximum Gasteiger partial charge on any atom is 0.321 e. The molecule has 182 valence electrons. The second-order valence-electron chi connectivity index (χ2n) is 9.41. The molecule has 1 saturated heterocycles. The molecule has 2 aromatic carbocycles. The van der Waals surface area contributed by atoms with Crippen molar-refractivity contribution in [1.82, 2.24) is 14.5 Å². The van der Waals surface area contributed by atoms with Gasteiger partial charge < -0.3 is 15.5 Å². The van der Waals surface area contributed by atoms with E-state index in [0.717, 1.165) is 38.8 Å². The molecule has 1 aromatic heterocycles. The van der Waals surface area contributed by atoms with Gasteiger partial charge in [0.05, 0.1) is 10.9 Å². The molecule has 2 fully saturated rings. The molecule has 0 atom stereocenters. The number of rotatable bonds is 6. The monoisotopic (exact) mass is 473 g/mol. The van der Waals surface area contributed by atoms with Gasteiger partial charge in [-0.2, -0.15) is 0 Å². The van der Waals surface area contributed by atoms with Crippen LogP contribution in [0.3, 0.4) is 0 Å². The van der Waals surface area contributed by atoms with E-state index in [9.17, 15) is 14.4 Å². The van der Waals surface area contributed by atoms with Crippen molar-refractivity contribution in [2.75, 3.05) is 23.7 Å². The molecule has 8 heteroatoms. The molecule has 3 amide bonds. The molecule has 1 aliphatic carbocycles. The number of carbonyl (C=O) groups excluding carboxylic acids is 2. The summed E-state index contributed by atoms with van der Waals surface area (Å²) in [6, 6.07) is 14.6. The van der Waals surface area contributed by atoms with Gasteiger partial charge in [-0.05, 0) is 62.1 Å². The van der Waals surface area contributed by atoms with Crippen LogP contribution in [0, 0.1) is 0 Å². The molecular weight excluding hydrogens is 442 g/mol. The predicted molar refractivity (Wildman–Crippen MR) is 137 cm³/mol. The Hall–Kier alpha value is -3.68. The Kier molecular flexibility index (Phi) is 6.79. The summed E-state index contributed by atoms with van der Waals surface area (Å²) in [7, 11) is 0. The van der Waals surface area contributed by atoms with Gasteiger partial charge in [-0.1, -0.05) is 25.0 Å². The quantitative estimate of drug-likeness (QED) is 0.542. The Morgan fingerprint density at radius 1 is 0.886 bits per heavy atom. The minimum absolute atomic E-state index is 0.0219. The average molecular weight is 474 g/mol. The Morgan fingerprint density at radius 2 is 1.54 bits per heavy atom. The van der Waals surface area contributed by atoms with E-state index < -0.39 is 0 Å². The number of likely N-dealkylation sites (tertiary alicyclic amines) is 1. The minimum atomic E-state index is -0.142. The normalized spacial score (nSPS) is 16.1. The molecule has 2 heterocycles. The smallest absolute Gasteiger partial charge is 0.321 e. The van der Waals surface area contributed by atoms with E-state index in [0.29, 0.717) is 34.5 Å². The van der Waals surface area contributed by atoms with Crippen molar-refractivity contribution in [2.45, 2.75) is 57.4 Å². The lowest BCUT2D eigenvalue weighted by Gasteiger charge is -2.20. The number of hydrogen-bond donors (Lipinski definition) is 2. The third-order valence-corrected chi connectivity index (χ3v) is 6.68. The molecule has 8 nitrogen and oxygen atoms in total. The molecule has 1 saturated carbocycles. The highest BCUT2D eigenvalue weighted by molar-refractivity contribution is 5.92. The van der Waals surface area contributed by atoms with E-state index in [2.05, 4.69) is 10.6 Å². The van der Waals surface area contributed by atoms with E-state index >= 15 is 0 Å². The van der Waals surface area contributed by atoms with Crippen molar-refractivity contribution in [3.8, 4) is 0 Å². The van der Waals surface area contributed by atoms with E-state index in [1.165, 1.54) is 12.8 Å². The fourth-order valence-corrected chi connectivity index (χ4v) is 4.64. The second kappa shape index (κ2) is 10.3. The summed E-state index contributed by atoms with van der Waals surface area (Å²) in [6.45, 7) is 1.58. The molecule has 2 aliphatic rings. The lowest BCUT2D eigenvalue weighted by molar-refractivity contribution is -0.116. The highest BCUT2D eigenvalue weighted by Gasteiger charge is 2.28. The summed E-state index contributed by atoms with van der Waals surface area (Å²) < 4.78 is 1.78. The Labute approximate surface area is 204 Å². The fourth-order valence-electron chi connectivity index (χ4n) is 4.64. The van der Waals surface area contributed by atoms with Crippen molar-refractivity contribution in [2.24, 2.45) is 0 Å². The summed E-state index contributed by atoms with van der Waals surface area (Å²) in [5.74, 6) is 0.522. The molecular formula is C27H31N5O3. The number of amides is 3. The van der Waals surface area contributed by atoms with E-state index in [1.54, 1.807) is 34.9 Å². The summed E-state index contributed by atoms with van der Waals surface area (Å²) in [5.41, 5.74) is 2.01. The van der Waals surface area contributed by atoms with Crippen molar-refractivity contribution in [3.63, 3.8) is 0 Å². The number of aryl methyl sites for hydroxylation is 1. The van der Waals surface area contributed by atoms with Crippen LogP contribution in [0.5, 0.6) is 0 Å². The number of para-hydroxylation sites is 1. The zero-order valence-electron chi connectivity index (χ0n) is 19.8. The number of carbonyl (C=O) groups is 2. The van der Waals surface area contributed by atoms with Gasteiger partial charge in [0.25, 0.3) is 5.56 Å². The Morgan fingerprint density at radius 3 is 2.23 bits per heavy atom. The maximum atomic E-state index is 13.0. The highest BCUT2D eigenvalue weighted by Crippen LogP contribution is 2.35. The van der Waals surface area contributed by atoms with Crippen molar-refractivity contribution >= 4 is 34.2 Å². The zero-order valence-corrected chi connectivity index (χ0v) is 19.8. The molecule has 3 aromatic rings. The number of nitrogens with zero attached hydrogens (tertiary/aromatic N) is 3. The fraction of sp³-hybridized carbons (Fsp3) is 0.407. The van der Waals surface area contributed by atoms with Gasteiger partial charge in [0.2, 0.25) is 5.91 Å². The number of anilines is 2. The van der Waals surface area contributed by atoms with E-state index in [4.69, 9.17) is 4.98 Å². The number of aromatic nitrogens is 2. The van der Waals surface area contributed by atoms with Crippen molar-refractivity contribution in [1.29, 1.82) is 0 Å². The first kappa shape index (κ1) is 23.1.